The molecule has 1 unspecified atom stereocenters. The van der Waals surface area contributed by atoms with Gasteiger partial charge in [0.05, 0.1) is 6.54 Å². The second-order valence-corrected chi connectivity index (χ2v) is 6.24. The first-order chi connectivity index (χ1) is 9.29. The summed E-state index contributed by atoms with van der Waals surface area (Å²) in [6.45, 7) is 5.10. The van der Waals surface area contributed by atoms with Crippen molar-refractivity contribution in [1.29, 1.82) is 0 Å². The maximum absolute atomic E-state index is 5.75. The highest BCUT2D eigenvalue weighted by Gasteiger charge is 2.27. The fraction of sp³-hybridized carbons (Fsp3) is 0.375. The quantitative estimate of drug-likeness (QED) is 0.923. The Morgan fingerprint density at radius 3 is 2.89 bits per heavy atom. The Labute approximate surface area is 118 Å². The summed E-state index contributed by atoms with van der Waals surface area (Å²) < 4.78 is 0. The molecule has 0 saturated carbocycles. The highest BCUT2D eigenvalue weighted by molar-refractivity contribution is 7.10. The fourth-order valence-corrected chi connectivity index (χ4v) is 3.84. The predicted octanol–water partition coefficient (Wildman–Crippen LogP) is 3.51. The van der Waals surface area contributed by atoms with Crippen LogP contribution in [-0.2, 0) is 6.54 Å². The number of fused-ring (bicyclic) bond motifs is 1. The van der Waals surface area contributed by atoms with Crippen LogP contribution in [0.5, 0.6) is 0 Å². The minimum atomic E-state index is 0.599. The molecule has 0 spiro atoms. The van der Waals surface area contributed by atoms with Gasteiger partial charge in [-0.05, 0) is 48.5 Å². The molecule has 1 atom stereocenters. The van der Waals surface area contributed by atoms with Crippen LogP contribution >= 0.6 is 11.3 Å². The Morgan fingerprint density at radius 1 is 1.32 bits per heavy atom. The molecule has 0 saturated heterocycles. The van der Waals surface area contributed by atoms with Crippen LogP contribution in [0.3, 0.4) is 0 Å². The smallest absolute Gasteiger partial charge is 0.0525 e. The summed E-state index contributed by atoms with van der Waals surface area (Å²) in [4.78, 5) is 3.98. The van der Waals surface area contributed by atoms with Gasteiger partial charge in [-0.15, -0.1) is 11.3 Å². The number of hydrogen-bond acceptors (Lipinski definition) is 3. The van der Waals surface area contributed by atoms with Crippen LogP contribution in [-0.4, -0.2) is 13.1 Å². The van der Waals surface area contributed by atoms with Crippen molar-refractivity contribution in [1.82, 2.24) is 0 Å². The molecule has 3 rings (SSSR count). The van der Waals surface area contributed by atoms with Crippen molar-refractivity contribution < 1.29 is 0 Å². The summed E-state index contributed by atoms with van der Waals surface area (Å²) in [7, 11) is 0. The van der Waals surface area contributed by atoms with Gasteiger partial charge in [-0.2, -0.15) is 0 Å². The normalized spacial score (nSPS) is 17.8. The van der Waals surface area contributed by atoms with Crippen molar-refractivity contribution in [3.63, 3.8) is 0 Å². The van der Waals surface area contributed by atoms with E-state index >= 15 is 0 Å². The molecule has 2 nitrogen and oxygen atoms in total. The lowest BCUT2D eigenvalue weighted by atomic mass is 9.98. The molecular weight excluding hydrogens is 252 g/mol. The van der Waals surface area contributed by atoms with E-state index in [2.05, 4.69) is 47.5 Å². The fourth-order valence-electron chi connectivity index (χ4n) is 2.92. The number of aryl methyl sites for hydroxylation is 1. The monoisotopic (exact) mass is 272 g/mol. The van der Waals surface area contributed by atoms with Crippen molar-refractivity contribution in [3.05, 3.63) is 51.7 Å². The van der Waals surface area contributed by atoms with Crippen molar-refractivity contribution in [2.75, 3.05) is 18.0 Å². The third-order valence-corrected chi connectivity index (χ3v) is 4.98. The van der Waals surface area contributed by atoms with E-state index in [0.717, 1.165) is 26.1 Å². The Kier molecular flexibility index (Phi) is 3.58. The average molecular weight is 272 g/mol. The first-order valence-corrected chi connectivity index (χ1v) is 7.74. The Hall–Kier alpha value is -1.32. The molecule has 1 aliphatic rings. The van der Waals surface area contributed by atoms with Crippen LogP contribution in [0.25, 0.3) is 0 Å². The van der Waals surface area contributed by atoms with E-state index < -0.39 is 0 Å². The third kappa shape index (κ3) is 2.40. The number of hydrogen-bond donors (Lipinski definition) is 1. The van der Waals surface area contributed by atoms with E-state index in [4.69, 9.17) is 5.73 Å². The van der Waals surface area contributed by atoms with Crippen molar-refractivity contribution in [3.8, 4) is 0 Å². The topological polar surface area (TPSA) is 29.3 Å². The average Bonchev–Trinajstić information content (AvgIpc) is 2.97. The van der Waals surface area contributed by atoms with Gasteiger partial charge in [0.25, 0.3) is 0 Å². The van der Waals surface area contributed by atoms with Gasteiger partial charge >= 0.3 is 0 Å². The number of nitrogens with two attached hydrogens (primary N) is 1. The van der Waals surface area contributed by atoms with E-state index in [-0.39, 0.29) is 0 Å². The summed E-state index contributed by atoms with van der Waals surface area (Å²) in [5, 5.41) is 2.18. The summed E-state index contributed by atoms with van der Waals surface area (Å²) in [5.41, 5.74) is 10.0. The van der Waals surface area contributed by atoms with Gasteiger partial charge in [-0.25, -0.2) is 0 Å². The summed E-state index contributed by atoms with van der Waals surface area (Å²) in [5.74, 6) is 0.599. The molecule has 0 fully saturated rings. The lowest BCUT2D eigenvalue weighted by Crippen LogP contribution is -2.22. The minimum absolute atomic E-state index is 0.599. The molecule has 0 aliphatic carbocycles. The largest absolute Gasteiger partial charge is 0.366 e. The van der Waals surface area contributed by atoms with Crippen LogP contribution in [0.4, 0.5) is 5.69 Å². The van der Waals surface area contributed by atoms with Crippen LogP contribution in [0.2, 0.25) is 0 Å². The molecule has 100 valence electrons. The second kappa shape index (κ2) is 5.35. The van der Waals surface area contributed by atoms with Gasteiger partial charge < -0.3 is 10.6 Å². The summed E-state index contributed by atoms with van der Waals surface area (Å²) in [6.07, 6.45) is 1.08. The molecule has 2 N–H and O–H groups in total. The van der Waals surface area contributed by atoms with Crippen molar-refractivity contribution >= 4 is 17.0 Å². The van der Waals surface area contributed by atoms with Crippen molar-refractivity contribution in [2.45, 2.75) is 25.8 Å². The summed E-state index contributed by atoms with van der Waals surface area (Å²) in [6, 6.07) is 11.0. The van der Waals surface area contributed by atoms with Gasteiger partial charge in [0.15, 0.2) is 0 Å². The molecule has 1 aliphatic heterocycles. The maximum atomic E-state index is 5.75. The third-order valence-electron chi connectivity index (χ3n) is 3.98. The number of para-hydroxylation sites is 1. The maximum Gasteiger partial charge on any atom is 0.0525 e. The number of rotatable bonds is 4. The molecule has 0 radical (unpaired) electrons. The zero-order chi connectivity index (χ0) is 13.2. The molecule has 1 aromatic carbocycles. The molecule has 0 amide bonds. The number of benzene rings is 1. The highest BCUT2D eigenvalue weighted by Crippen LogP contribution is 2.39. The number of anilines is 1. The van der Waals surface area contributed by atoms with E-state index in [0.29, 0.717) is 5.92 Å². The molecule has 2 heterocycles. The summed E-state index contributed by atoms with van der Waals surface area (Å²) >= 11 is 1.86. The van der Waals surface area contributed by atoms with E-state index in [1.54, 1.807) is 0 Å². The number of nitrogens with zero attached hydrogens (tertiary/aromatic N) is 1. The molecule has 0 bridgehead atoms. The molecule has 3 heteroatoms. The molecule has 1 aromatic heterocycles. The van der Waals surface area contributed by atoms with Crippen molar-refractivity contribution in [2.24, 2.45) is 5.73 Å². The molecule has 19 heavy (non-hydrogen) atoms. The number of thiophene rings is 1. The zero-order valence-electron chi connectivity index (χ0n) is 11.3. The minimum Gasteiger partial charge on any atom is -0.366 e. The van der Waals surface area contributed by atoms with E-state index in [1.165, 1.54) is 21.7 Å². The Morgan fingerprint density at radius 2 is 2.16 bits per heavy atom. The first kappa shape index (κ1) is 12.7. The van der Waals surface area contributed by atoms with E-state index in [9.17, 15) is 0 Å². The lowest BCUT2D eigenvalue weighted by Gasteiger charge is -2.19. The highest BCUT2D eigenvalue weighted by atomic mass is 32.1. The van der Waals surface area contributed by atoms with Gasteiger partial charge in [0.1, 0.15) is 0 Å². The first-order valence-electron chi connectivity index (χ1n) is 6.86. The second-order valence-electron chi connectivity index (χ2n) is 5.24. The molecular formula is C16H20N2S. The zero-order valence-corrected chi connectivity index (χ0v) is 12.1. The molecule has 2 aromatic rings. The van der Waals surface area contributed by atoms with Gasteiger partial charge in [0.2, 0.25) is 0 Å². The SMILES string of the molecule is Cc1ccsc1CN1CC(CCN)c2ccccc21. The van der Waals surface area contributed by atoms with Gasteiger partial charge in [0, 0.05) is 23.0 Å². The lowest BCUT2D eigenvalue weighted by molar-refractivity contribution is 0.645. The van der Waals surface area contributed by atoms with Crippen LogP contribution in [0.1, 0.15) is 28.3 Å². The van der Waals surface area contributed by atoms with Crippen LogP contribution < -0.4 is 10.6 Å². The van der Waals surface area contributed by atoms with Crippen LogP contribution in [0, 0.1) is 6.92 Å². The predicted molar refractivity (Wildman–Crippen MR) is 83.0 cm³/mol. The Bertz CT molecular complexity index is 561. The standard InChI is InChI=1S/C16H20N2S/c1-12-7-9-19-16(12)11-18-10-13(6-8-17)14-4-2-3-5-15(14)18/h2-5,7,9,13H,6,8,10-11,17H2,1H3. The van der Waals surface area contributed by atoms with Gasteiger partial charge in [-0.3, -0.25) is 0 Å². The van der Waals surface area contributed by atoms with Crippen LogP contribution in [0.15, 0.2) is 35.7 Å². The van der Waals surface area contributed by atoms with E-state index in [1.807, 2.05) is 11.3 Å². The van der Waals surface area contributed by atoms with Gasteiger partial charge in [-0.1, -0.05) is 18.2 Å². The Balaban J connectivity index is 1.86.